The average Bonchev–Trinajstić information content (AvgIpc) is 3.08. The van der Waals surface area contributed by atoms with Gasteiger partial charge in [0.25, 0.3) is 5.91 Å². The molecule has 2 N–H and O–H groups in total. The van der Waals surface area contributed by atoms with Crippen LogP contribution in [0.4, 0.5) is 20.6 Å². The molecule has 1 atom stereocenters. The number of carbonyl (C=O) groups is 2. The molecule has 1 aromatic heterocycles. The van der Waals surface area contributed by atoms with Crippen molar-refractivity contribution in [3.8, 4) is 5.75 Å². The van der Waals surface area contributed by atoms with Gasteiger partial charge in [0, 0.05) is 37.7 Å². The third-order valence-corrected chi connectivity index (χ3v) is 4.53. The van der Waals surface area contributed by atoms with Crippen LogP contribution in [0, 0.1) is 12.7 Å². The highest BCUT2D eigenvalue weighted by molar-refractivity contribution is 5.97. The van der Waals surface area contributed by atoms with Crippen molar-refractivity contribution in [2.45, 2.75) is 25.7 Å². The molecule has 2 aliphatic rings. The smallest absolute Gasteiger partial charge is 0.321 e. The maximum atomic E-state index is 14.2. The first-order valence-corrected chi connectivity index (χ1v) is 8.62. The lowest BCUT2D eigenvalue weighted by Crippen LogP contribution is -2.41. The van der Waals surface area contributed by atoms with Crippen LogP contribution in [0.15, 0.2) is 16.7 Å². The Hall–Kier alpha value is -3.17. The number of nitrogens with zero attached hydrogens (tertiary/aromatic N) is 3. The minimum absolute atomic E-state index is 0.00472. The number of aromatic nitrogens is 2. The zero-order valence-electron chi connectivity index (χ0n) is 14.6. The first-order chi connectivity index (χ1) is 13.0. The molecule has 1 fully saturated rings. The lowest BCUT2D eigenvalue weighted by molar-refractivity contribution is -0.118. The lowest BCUT2D eigenvalue weighted by Gasteiger charge is -2.31. The third kappa shape index (κ3) is 3.55. The molecule has 1 saturated heterocycles. The number of carbonyl (C=O) groups excluding carboxylic acids is 2. The van der Waals surface area contributed by atoms with Crippen LogP contribution >= 0.6 is 0 Å². The molecule has 27 heavy (non-hydrogen) atoms. The normalized spacial score (nSPS) is 19.1. The van der Waals surface area contributed by atoms with E-state index < -0.39 is 5.82 Å². The Labute approximate surface area is 153 Å². The van der Waals surface area contributed by atoms with Crippen molar-refractivity contribution in [3.63, 3.8) is 0 Å². The van der Waals surface area contributed by atoms with E-state index in [1.165, 1.54) is 6.07 Å². The van der Waals surface area contributed by atoms with Crippen molar-refractivity contribution in [2.75, 3.05) is 30.3 Å². The Morgan fingerprint density at radius 3 is 3.07 bits per heavy atom. The molecule has 3 amide bonds. The molecule has 10 heteroatoms. The van der Waals surface area contributed by atoms with Crippen molar-refractivity contribution in [2.24, 2.45) is 0 Å². The van der Waals surface area contributed by atoms with Gasteiger partial charge in [-0.2, -0.15) is 4.98 Å². The Kier molecular flexibility index (Phi) is 4.38. The van der Waals surface area contributed by atoms with E-state index >= 15 is 0 Å². The second kappa shape index (κ2) is 6.86. The van der Waals surface area contributed by atoms with E-state index in [4.69, 9.17) is 9.26 Å². The topological polar surface area (TPSA) is 110 Å². The van der Waals surface area contributed by atoms with E-state index in [-0.39, 0.29) is 41.6 Å². The van der Waals surface area contributed by atoms with Gasteiger partial charge in [0.2, 0.25) is 5.89 Å². The fraction of sp³-hybridized carbons (Fsp3) is 0.412. The standard InChI is InChI=1S/C17H18FN5O4/c1-9-19-16(22-27-9)10-3-2-4-23(7-10)17(25)20-11-5-12(18)15-13(6-11)21-14(24)8-26-15/h5-6,10H,2-4,7-8H2,1H3,(H,20,25)(H,21,24)/t10-/m1/s1. The quantitative estimate of drug-likeness (QED) is 0.833. The maximum absolute atomic E-state index is 14.2. The van der Waals surface area contributed by atoms with Gasteiger partial charge in [-0.05, 0) is 18.9 Å². The Morgan fingerprint density at radius 1 is 1.44 bits per heavy atom. The minimum Gasteiger partial charge on any atom is -0.478 e. The number of nitrogens with one attached hydrogen (secondary N) is 2. The summed E-state index contributed by atoms with van der Waals surface area (Å²) in [6, 6.07) is 2.28. The van der Waals surface area contributed by atoms with E-state index in [2.05, 4.69) is 20.8 Å². The average molecular weight is 375 g/mol. The van der Waals surface area contributed by atoms with Crippen molar-refractivity contribution in [1.82, 2.24) is 15.0 Å². The number of hydrogen-bond acceptors (Lipinski definition) is 6. The first-order valence-electron chi connectivity index (χ1n) is 8.62. The second-order valence-electron chi connectivity index (χ2n) is 6.56. The van der Waals surface area contributed by atoms with E-state index in [9.17, 15) is 14.0 Å². The number of hydrogen-bond donors (Lipinski definition) is 2. The van der Waals surface area contributed by atoms with E-state index in [0.717, 1.165) is 18.9 Å². The Balaban J connectivity index is 1.46. The lowest BCUT2D eigenvalue weighted by atomic mass is 9.98. The van der Waals surface area contributed by atoms with Crippen molar-refractivity contribution in [3.05, 3.63) is 29.7 Å². The molecule has 3 heterocycles. The van der Waals surface area contributed by atoms with Gasteiger partial charge in [-0.25, -0.2) is 9.18 Å². The van der Waals surface area contributed by atoms with Crippen LogP contribution in [-0.4, -0.2) is 46.7 Å². The molecular weight excluding hydrogens is 357 g/mol. The van der Waals surface area contributed by atoms with E-state index in [0.29, 0.717) is 24.8 Å². The number of urea groups is 1. The van der Waals surface area contributed by atoms with Gasteiger partial charge in [-0.15, -0.1) is 0 Å². The molecule has 0 aliphatic carbocycles. The molecule has 4 rings (SSSR count). The van der Waals surface area contributed by atoms with Gasteiger partial charge in [0.1, 0.15) is 0 Å². The number of piperidine rings is 1. The zero-order valence-corrected chi connectivity index (χ0v) is 14.6. The summed E-state index contributed by atoms with van der Waals surface area (Å²) in [7, 11) is 0. The fourth-order valence-electron chi connectivity index (χ4n) is 3.28. The van der Waals surface area contributed by atoms with E-state index in [1.807, 2.05) is 0 Å². The number of amides is 3. The molecule has 0 unspecified atom stereocenters. The SMILES string of the molecule is Cc1nc([C@@H]2CCCN(C(=O)Nc3cc(F)c4c(c3)NC(=O)CO4)C2)no1. The Bertz CT molecular complexity index is 899. The monoisotopic (exact) mass is 375 g/mol. The fourth-order valence-corrected chi connectivity index (χ4v) is 3.28. The summed E-state index contributed by atoms with van der Waals surface area (Å²) in [5.41, 5.74) is 0.430. The van der Waals surface area contributed by atoms with Crippen molar-refractivity contribution < 1.29 is 23.2 Å². The number of fused-ring (bicyclic) bond motifs is 1. The molecular formula is C17H18FN5O4. The van der Waals surface area contributed by atoms with Crippen LogP contribution in [-0.2, 0) is 4.79 Å². The number of benzene rings is 1. The summed E-state index contributed by atoms with van der Waals surface area (Å²) < 4.78 is 24.3. The first kappa shape index (κ1) is 17.3. The van der Waals surface area contributed by atoms with Crippen LogP contribution in [0.1, 0.15) is 30.5 Å². The third-order valence-electron chi connectivity index (χ3n) is 4.53. The van der Waals surface area contributed by atoms with Crippen molar-refractivity contribution >= 4 is 23.3 Å². The molecule has 0 bridgehead atoms. The van der Waals surface area contributed by atoms with Crippen LogP contribution in [0.2, 0.25) is 0 Å². The molecule has 1 aromatic carbocycles. The predicted molar refractivity (Wildman–Crippen MR) is 92.1 cm³/mol. The predicted octanol–water partition coefficient (Wildman–Crippen LogP) is 2.26. The van der Waals surface area contributed by atoms with Crippen LogP contribution in [0.25, 0.3) is 0 Å². The highest BCUT2D eigenvalue weighted by Crippen LogP contribution is 2.34. The molecule has 0 saturated carbocycles. The van der Waals surface area contributed by atoms with Gasteiger partial charge in [-0.3, -0.25) is 4.79 Å². The molecule has 9 nitrogen and oxygen atoms in total. The number of rotatable bonds is 2. The number of likely N-dealkylation sites (tertiary alicyclic amines) is 1. The van der Waals surface area contributed by atoms with E-state index in [1.54, 1.807) is 11.8 Å². The van der Waals surface area contributed by atoms with Crippen LogP contribution < -0.4 is 15.4 Å². The highest BCUT2D eigenvalue weighted by Gasteiger charge is 2.28. The maximum Gasteiger partial charge on any atom is 0.321 e. The van der Waals surface area contributed by atoms with Gasteiger partial charge in [0.15, 0.2) is 24.0 Å². The van der Waals surface area contributed by atoms with Gasteiger partial charge >= 0.3 is 6.03 Å². The summed E-state index contributed by atoms with van der Waals surface area (Å²) in [4.78, 5) is 29.9. The number of halogens is 1. The number of anilines is 2. The zero-order chi connectivity index (χ0) is 19.0. The summed E-state index contributed by atoms with van der Waals surface area (Å²) >= 11 is 0. The van der Waals surface area contributed by atoms with Gasteiger partial charge < -0.3 is 24.8 Å². The molecule has 2 aliphatic heterocycles. The minimum atomic E-state index is -0.651. The Morgan fingerprint density at radius 2 is 2.30 bits per heavy atom. The van der Waals surface area contributed by atoms with Crippen LogP contribution in [0.5, 0.6) is 5.75 Å². The number of aryl methyl sites for hydroxylation is 1. The van der Waals surface area contributed by atoms with Crippen LogP contribution in [0.3, 0.4) is 0 Å². The summed E-state index contributed by atoms with van der Waals surface area (Å²) in [5.74, 6) is 0.0133. The second-order valence-corrected chi connectivity index (χ2v) is 6.56. The molecule has 2 aromatic rings. The molecule has 0 spiro atoms. The largest absolute Gasteiger partial charge is 0.478 e. The molecule has 0 radical (unpaired) electrons. The number of ether oxygens (including phenoxy) is 1. The summed E-state index contributed by atoms with van der Waals surface area (Å²) in [6.45, 7) is 2.50. The van der Waals surface area contributed by atoms with Crippen molar-refractivity contribution in [1.29, 1.82) is 0 Å². The summed E-state index contributed by atoms with van der Waals surface area (Å²) in [5, 5.41) is 9.14. The van der Waals surface area contributed by atoms with Gasteiger partial charge in [-0.1, -0.05) is 5.16 Å². The highest BCUT2D eigenvalue weighted by atomic mass is 19.1. The summed E-state index contributed by atoms with van der Waals surface area (Å²) in [6.07, 6.45) is 1.66. The van der Waals surface area contributed by atoms with Gasteiger partial charge in [0.05, 0.1) is 5.69 Å². The molecule has 142 valence electrons.